The molecular formula is C15H16BrN3O. The van der Waals surface area contributed by atoms with Gasteiger partial charge in [-0.1, -0.05) is 22.0 Å². The summed E-state index contributed by atoms with van der Waals surface area (Å²) < 4.78 is 0.985. The first-order valence-electron chi connectivity index (χ1n) is 6.34. The quantitative estimate of drug-likeness (QED) is 0.883. The van der Waals surface area contributed by atoms with Crippen LogP contribution in [0.25, 0.3) is 0 Å². The highest BCUT2D eigenvalue weighted by Gasteiger charge is 2.07. The van der Waals surface area contributed by atoms with Crippen LogP contribution in [0.2, 0.25) is 0 Å². The van der Waals surface area contributed by atoms with Gasteiger partial charge in [0.15, 0.2) is 0 Å². The Morgan fingerprint density at radius 2 is 2.05 bits per heavy atom. The van der Waals surface area contributed by atoms with Crippen molar-refractivity contribution in [3.05, 3.63) is 58.8 Å². The van der Waals surface area contributed by atoms with Crippen molar-refractivity contribution >= 4 is 27.5 Å². The first-order chi connectivity index (χ1) is 9.65. The van der Waals surface area contributed by atoms with E-state index < -0.39 is 0 Å². The van der Waals surface area contributed by atoms with Crippen LogP contribution < -0.4 is 10.6 Å². The van der Waals surface area contributed by atoms with E-state index in [2.05, 4.69) is 31.5 Å². The predicted molar refractivity (Wildman–Crippen MR) is 83.4 cm³/mol. The number of amides is 1. The van der Waals surface area contributed by atoms with Crippen LogP contribution in [0.3, 0.4) is 0 Å². The summed E-state index contributed by atoms with van der Waals surface area (Å²) >= 11 is 3.36. The van der Waals surface area contributed by atoms with Gasteiger partial charge in [-0.15, -0.1) is 0 Å². The molecule has 2 rings (SSSR count). The van der Waals surface area contributed by atoms with Crippen molar-refractivity contribution in [2.45, 2.75) is 13.0 Å². The number of hydrogen-bond acceptors (Lipinski definition) is 3. The molecule has 0 saturated carbocycles. The number of carbonyl (C=O) groups excluding carboxylic acids is 1. The van der Waals surface area contributed by atoms with Crippen molar-refractivity contribution < 1.29 is 4.79 Å². The molecule has 1 aromatic carbocycles. The molecule has 0 aliphatic heterocycles. The molecular weight excluding hydrogens is 318 g/mol. The van der Waals surface area contributed by atoms with Gasteiger partial charge >= 0.3 is 0 Å². The SMILES string of the molecule is C[C@@H](NCC(=O)Nc1ccc(Br)cc1)c1cccnc1. The third-order valence-corrected chi connectivity index (χ3v) is 3.41. The highest BCUT2D eigenvalue weighted by Crippen LogP contribution is 2.14. The van der Waals surface area contributed by atoms with Gasteiger partial charge in [0.05, 0.1) is 6.54 Å². The van der Waals surface area contributed by atoms with E-state index in [0.717, 1.165) is 15.7 Å². The number of benzene rings is 1. The Morgan fingerprint density at radius 3 is 2.70 bits per heavy atom. The smallest absolute Gasteiger partial charge is 0.238 e. The van der Waals surface area contributed by atoms with E-state index >= 15 is 0 Å². The third kappa shape index (κ3) is 4.43. The van der Waals surface area contributed by atoms with Gasteiger partial charge in [0, 0.05) is 28.6 Å². The minimum Gasteiger partial charge on any atom is -0.325 e. The fourth-order valence-electron chi connectivity index (χ4n) is 1.73. The number of anilines is 1. The maximum atomic E-state index is 11.8. The molecule has 2 N–H and O–H groups in total. The van der Waals surface area contributed by atoms with Gasteiger partial charge in [-0.3, -0.25) is 9.78 Å². The molecule has 0 aliphatic carbocycles. The van der Waals surface area contributed by atoms with Gasteiger partial charge in [-0.05, 0) is 42.8 Å². The van der Waals surface area contributed by atoms with Crippen molar-refractivity contribution in [1.82, 2.24) is 10.3 Å². The molecule has 0 bridgehead atoms. The number of hydrogen-bond donors (Lipinski definition) is 2. The molecule has 0 aliphatic rings. The minimum absolute atomic E-state index is 0.0666. The lowest BCUT2D eigenvalue weighted by Gasteiger charge is -2.13. The summed E-state index contributed by atoms with van der Waals surface area (Å²) in [4.78, 5) is 15.9. The molecule has 4 nitrogen and oxygen atoms in total. The van der Waals surface area contributed by atoms with Gasteiger partial charge < -0.3 is 10.6 Å². The third-order valence-electron chi connectivity index (χ3n) is 2.88. The lowest BCUT2D eigenvalue weighted by atomic mass is 10.1. The molecule has 5 heteroatoms. The highest BCUT2D eigenvalue weighted by atomic mass is 79.9. The molecule has 0 unspecified atom stereocenters. The zero-order chi connectivity index (χ0) is 14.4. The first-order valence-corrected chi connectivity index (χ1v) is 7.13. The minimum atomic E-state index is -0.0666. The fraction of sp³-hybridized carbons (Fsp3) is 0.200. The Hall–Kier alpha value is -1.72. The van der Waals surface area contributed by atoms with Crippen molar-refractivity contribution in [2.75, 3.05) is 11.9 Å². The Labute approximate surface area is 126 Å². The number of pyridine rings is 1. The van der Waals surface area contributed by atoms with Crippen LogP contribution in [-0.2, 0) is 4.79 Å². The summed E-state index contributed by atoms with van der Waals surface area (Å²) in [6.45, 7) is 2.26. The summed E-state index contributed by atoms with van der Waals surface area (Å²) in [5.74, 6) is -0.0666. The zero-order valence-corrected chi connectivity index (χ0v) is 12.7. The molecule has 104 valence electrons. The average molecular weight is 334 g/mol. The van der Waals surface area contributed by atoms with E-state index in [9.17, 15) is 4.79 Å². The van der Waals surface area contributed by atoms with Gasteiger partial charge in [0.25, 0.3) is 0 Å². The topological polar surface area (TPSA) is 54.0 Å². The summed E-state index contributed by atoms with van der Waals surface area (Å²) in [5, 5.41) is 6.01. The fourth-order valence-corrected chi connectivity index (χ4v) is 2.00. The van der Waals surface area contributed by atoms with Crippen molar-refractivity contribution in [3.8, 4) is 0 Å². The van der Waals surface area contributed by atoms with E-state index in [-0.39, 0.29) is 18.5 Å². The molecule has 1 atom stereocenters. The zero-order valence-electron chi connectivity index (χ0n) is 11.1. The predicted octanol–water partition coefficient (Wildman–Crippen LogP) is 3.13. The highest BCUT2D eigenvalue weighted by molar-refractivity contribution is 9.10. The van der Waals surface area contributed by atoms with Crippen LogP contribution in [0, 0.1) is 0 Å². The second kappa shape index (κ2) is 7.17. The molecule has 0 radical (unpaired) electrons. The lowest BCUT2D eigenvalue weighted by Crippen LogP contribution is -2.30. The van der Waals surface area contributed by atoms with Crippen molar-refractivity contribution in [2.24, 2.45) is 0 Å². The summed E-state index contributed by atoms with van der Waals surface area (Å²) in [6.07, 6.45) is 3.53. The van der Waals surface area contributed by atoms with E-state index in [4.69, 9.17) is 0 Å². The molecule has 0 spiro atoms. The molecule has 20 heavy (non-hydrogen) atoms. The molecule has 1 aromatic heterocycles. The van der Waals surface area contributed by atoms with E-state index in [0.29, 0.717) is 0 Å². The van der Waals surface area contributed by atoms with E-state index in [1.807, 2.05) is 43.3 Å². The largest absolute Gasteiger partial charge is 0.325 e. The number of halogens is 1. The lowest BCUT2D eigenvalue weighted by molar-refractivity contribution is -0.115. The standard InChI is InChI=1S/C15H16BrN3O/c1-11(12-3-2-8-17-9-12)18-10-15(20)19-14-6-4-13(16)5-7-14/h2-9,11,18H,10H2,1H3,(H,19,20)/t11-/m1/s1. The molecule has 0 saturated heterocycles. The number of aromatic nitrogens is 1. The maximum Gasteiger partial charge on any atom is 0.238 e. The second-order valence-electron chi connectivity index (χ2n) is 4.44. The molecule has 0 fully saturated rings. The monoisotopic (exact) mass is 333 g/mol. The number of rotatable bonds is 5. The summed E-state index contributed by atoms with van der Waals surface area (Å²) in [6, 6.07) is 11.4. The summed E-state index contributed by atoms with van der Waals surface area (Å²) in [7, 11) is 0. The molecule has 1 heterocycles. The number of nitrogens with zero attached hydrogens (tertiary/aromatic N) is 1. The first kappa shape index (κ1) is 14.7. The second-order valence-corrected chi connectivity index (χ2v) is 5.36. The Bertz CT molecular complexity index is 557. The average Bonchev–Trinajstić information content (AvgIpc) is 2.48. The summed E-state index contributed by atoms with van der Waals surface area (Å²) in [5.41, 5.74) is 1.85. The molecule has 1 amide bonds. The van der Waals surface area contributed by atoms with Gasteiger partial charge in [0.2, 0.25) is 5.91 Å². The maximum absolute atomic E-state index is 11.8. The Balaban J connectivity index is 1.82. The van der Waals surface area contributed by atoms with Crippen LogP contribution in [0.15, 0.2) is 53.3 Å². The Morgan fingerprint density at radius 1 is 1.30 bits per heavy atom. The van der Waals surface area contributed by atoms with Crippen LogP contribution in [0.5, 0.6) is 0 Å². The number of carbonyl (C=O) groups is 1. The Kier molecular flexibility index (Phi) is 5.26. The van der Waals surface area contributed by atoms with Crippen molar-refractivity contribution in [3.63, 3.8) is 0 Å². The van der Waals surface area contributed by atoms with Crippen LogP contribution in [0.4, 0.5) is 5.69 Å². The van der Waals surface area contributed by atoms with Gasteiger partial charge in [0.1, 0.15) is 0 Å². The van der Waals surface area contributed by atoms with E-state index in [1.165, 1.54) is 0 Å². The van der Waals surface area contributed by atoms with Crippen LogP contribution >= 0.6 is 15.9 Å². The van der Waals surface area contributed by atoms with Crippen LogP contribution in [0.1, 0.15) is 18.5 Å². The van der Waals surface area contributed by atoms with E-state index in [1.54, 1.807) is 12.4 Å². The van der Waals surface area contributed by atoms with Gasteiger partial charge in [-0.25, -0.2) is 0 Å². The van der Waals surface area contributed by atoms with Crippen molar-refractivity contribution in [1.29, 1.82) is 0 Å². The normalized spacial score (nSPS) is 11.9. The number of nitrogens with one attached hydrogen (secondary N) is 2. The molecule has 2 aromatic rings. The van der Waals surface area contributed by atoms with Gasteiger partial charge in [-0.2, -0.15) is 0 Å². The van der Waals surface area contributed by atoms with Crippen LogP contribution in [-0.4, -0.2) is 17.4 Å².